The van der Waals surface area contributed by atoms with E-state index in [1.54, 1.807) is 24.3 Å². The Kier molecular flexibility index (Phi) is 5.39. The van der Waals surface area contributed by atoms with Crippen LogP contribution in [0.5, 0.6) is 5.75 Å². The van der Waals surface area contributed by atoms with Crippen molar-refractivity contribution in [3.05, 3.63) is 65.3 Å². The van der Waals surface area contributed by atoms with Crippen molar-refractivity contribution < 1.29 is 14.3 Å². The average molecular weight is 396 g/mol. The van der Waals surface area contributed by atoms with Crippen LogP contribution in [0, 0.1) is 11.7 Å². The van der Waals surface area contributed by atoms with Gasteiger partial charge in [0.15, 0.2) is 5.13 Å². The van der Waals surface area contributed by atoms with Crippen molar-refractivity contribution in [1.82, 2.24) is 4.98 Å². The smallest absolute Gasteiger partial charge is 0.183 e. The average Bonchev–Trinajstić information content (AvgIpc) is 3.17. The lowest BCUT2D eigenvalue weighted by Gasteiger charge is -2.30. The molecular formula is C22H21FN2O2S. The van der Waals surface area contributed by atoms with Gasteiger partial charge in [-0.1, -0.05) is 18.6 Å². The molecule has 6 heteroatoms. The van der Waals surface area contributed by atoms with Crippen molar-refractivity contribution in [2.75, 3.05) is 5.32 Å². The van der Waals surface area contributed by atoms with Gasteiger partial charge in [0.25, 0.3) is 0 Å². The Hall–Kier alpha value is -2.73. The second-order valence-electron chi connectivity index (χ2n) is 7.08. The number of ketones is 1. The quantitative estimate of drug-likeness (QED) is 0.592. The van der Waals surface area contributed by atoms with Gasteiger partial charge in [-0.25, -0.2) is 9.37 Å². The van der Waals surface area contributed by atoms with Crippen molar-refractivity contribution in [2.24, 2.45) is 5.92 Å². The van der Waals surface area contributed by atoms with Crippen molar-refractivity contribution in [3.8, 4) is 17.0 Å². The van der Waals surface area contributed by atoms with Gasteiger partial charge in [-0.2, -0.15) is 0 Å². The number of Topliss-reactive ketones (excluding diaryl/α,β-unsaturated/α-hetero) is 1. The summed E-state index contributed by atoms with van der Waals surface area (Å²) in [4.78, 5) is 17.2. The van der Waals surface area contributed by atoms with Gasteiger partial charge < -0.3 is 10.4 Å². The lowest BCUT2D eigenvalue weighted by molar-refractivity contribution is -0.125. The summed E-state index contributed by atoms with van der Waals surface area (Å²) in [6.45, 7) is 0. The molecule has 0 radical (unpaired) electrons. The van der Waals surface area contributed by atoms with Gasteiger partial charge >= 0.3 is 0 Å². The van der Waals surface area contributed by atoms with Gasteiger partial charge in [-0.15, -0.1) is 11.3 Å². The fourth-order valence-electron chi connectivity index (χ4n) is 3.69. The highest BCUT2D eigenvalue weighted by Crippen LogP contribution is 2.36. The zero-order valence-electron chi connectivity index (χ0n) is 15.3. The highest BCUT2D eigenvalue weighted by atomic mass is 32.1. The number of halogens is 1. The van der Waals surface area contributed by atoms with Crippen molar-refractivity contribution in [2.45, 2.75) is 31.7 Å². The van der Waals surface area contributed by atoms with Crippen molar-refractivity contribution >= 4 is 22.3 Å². The number of carbonyl (C=O) groups is 1. The predicted octanol–water partition coefficient (Wildman–Crippen LogP) is 5.57. The first kappa shape index (κ1) is 18.6. The molecule has 1 saturated carbocycles. The highest BCUT2D eigenvalue weighted by molar-refractivity contribution is 7.14. The van der Waals surface area contributed by atoms with Gasteiger partial charge in [0.05, 0.1) is 11.7 Å². The minimum Gasteiger partial charge on any atom is -0.508 e. The largest absolute Gasteiger partial charge is 0.508 e. The highest BCUT2D eigenvalue weighted by Gasteiger charge is 2.32. The Morgan fingerprint density at radius 1 is 1.11 bits per heavy atom. The first-order chi connectivity index (χ1) is 13.6. The molecule has 0 saturated heterocycles. The Bertz CT molecular complexity index is 953. The van der Waals surface area contributed by atoms with Crippen LogP contribution in [0.15, 0.2) is 53.9 Å². The third-order valence-corrected chi connectivity index (χ3v) is 5.95. The lowest BCUT2D eigenvalue weighted by Crippen LogP contribution is -2.30. The van der Waals surface area contributed by atoms with Gasteiger partial charge in [-0.3, -0.25) is 4.79 Å². The fraction of sp³-hybridized carbons (Fsp3) is 0.273. The van der Waals surface area contributed by atoms with E-state index >= 15 is 0 Å². The molecule has 1 heterocycles. The number of hydrogen-bond donors (Lipinski definition) is 2. The fourth-order valence-corrected chi connectivity index (χ4v) is 4.44. The summed E-state index contributed by atoms with van der Waals surface area (Å²) in [6, 6.07) is 13.0. The van der Waals surface area contributed by atoms with Crippen LogP contribution in [0.1, 0.15) is 37.3 Å². The van der Waals surface area contributed by atoms with Gasteiger partial charge in [0.2, 0.25) is 0 Å². The summed E-state index contributed by atoms with van der Waals surface area (Å²) in [5.74, 6) is 0.0365. The maximum atomic E-state index is 13.4. The molecule has 2 N–H and O–H groups in total. The van der Waals surface area contributed by atoms with Gasteiger partial charge in [0, 0.05) is 23.3 Å². The maximum Gasteiger partial charge on any atom is 0.183 e. The molecule has 0 spiro atoms. The second-order valence-corrected chi connectivity index (χ2v) is 7.94. The first-order valence-corrected chi connectivity index (χ1v) is 10.3. The van der Waals surface area contributed by atoms with E-state index in [2.05, 4.69) is 10.3 Å². The first-order valence-electron chi connectivity index (χ1n) is 9.40. The molecule has 1 aliphatic rings. The third kappa shape index (κ3) is 4.07. The molecule has 1 aliphatic carbocycles. The molecular weight excluding hydrogens is 375 g/mol. The summed E-state index contributed by atoms with van der Waals surface area (Å²) in [5.41, 5.74) is 2.61. The van der Waals surface area contributed by atoms with Crippen LogP contribution in [0.25, 0.3) is 11.3 Å². The summed E-state index contributed by atoms with van der Waals surface area (Å²) in [6.07, 6.45) is 3.38. The van der Waals surface area contributed by atoms with Crippen molar-refractivity contribution in [1.29, 1.82) is 0 Å². The molecule has 144 valence electrons. The number of nitrogens with zero attached hydrogens (tertiary/aromatic N) is 1. The molecule has 2 unspecified atom stereocenters. The van der Waals surface area contributed by atoms with Crippen LogP contribution >= 0.6 is 11.3 Å². The van der Waals surface area contributed by atoms with E-state index in [1.807, 2.05) is 17.5 Å². The minimum absolute atomic E-state index is 0.139. The number of thiazole rings is 1. The Morgan fingerprint density at radius 3 is 2.57 bits per heavy atom. The number of carbonyl (C=O) groups excluding carboxylic acids is 1. The van der Waals surface area contributed by atoms with Crippen LogP contribution < -0.4 is 5.32 Å². The molecule has 1 fully saturated rings. The number of anilines is 1. The molecule has 3 aromatic rings. The van der Waals surface area contributed by atoms with Crippen LogP contribution in [0.3, 0.4) is 0 Å². The number of benzene rings is 2. The zero-order valence-corrected chi connectivity index (χ0v) is 16.1. The molecule has 0 aliphatic heterocycles. The summed E-state index contributed by atoms with van der Waals surface area (Å²) >= 11 is 1.47. The van der Waals surface area contributed by atoms with E-state index in [-0.39, 0.29) is 29.3 Å². The Labute approximate surface area is 167 Å². The summed E-state index contributed by atoms with van der Waals surface area (Å²) in [5, 5.41) is 15.5. The topological polar surface area (TPSA) is 62.2 Å². The lowest BCUT2D eigenvalue weighted by atomic mass is 9.80. The predicted molar refractivity (Wildman–Crippen MR) is 109 cm³/mol. The number of rotatable bonds is 5. The summed E-state index contributed by atoms with van der Waals surface area (Å²) < 4.78 is 13.4. The van der Waals surface area contributed by atoms with E-state index in [4.69, 9.17) is 0 Å². The monoisotopic (exact) mass is 396 g/mol. The maximum absolute atomic E-state index is 13.4. The minimum atomic E-state index is -0.290. The molecule has 28 heavy (non-hydrogen) atoms. The second kappa shape index (κ2) is 8.10. The SMILES string of the molecule is O=C1CCCCC1C(Nc1nc(-c2ccc(O)cc2)cs1)c1ccc(F)cc1. The number of phenolic OH excluding ortho intramolecular Hbond substituents is 1. The molecule has 0 amide bonds. The van der Waals surface area contributed by atoms with Crippen molar-refractivity contribution in [3.63, 3.8) is 0 Å². The standard InChI is InChI=1S/C22H21FN2O2S/c23-16-9-5-15(6-10-16)21(18-3-1-2-4-20(18)27)25-22-24-19(13-28-22)14-7-11-17(26)12-8-14/h5-13,18,21,26H,1-4H2,(H,24,25). The van der Waals surface area contributed by atoms with Gasteiger partial charge in [-0.05, 0) is 54.8 Å². The molecule has 0 bridgehead atoms. The van der Waals surface area contributed by atoms with Crippen LogP contribution in [0.4, 0.5) is 9.52 Å². The Morgan fingerprint density at radius 2 is 1.86 bits per heavy atom. The normalized spacial score (nSPS) is 18.0. The molecule has 2 aromatic carbocycles. The number of phenols is 1. The molecule has 2 atom stereocenters. The van der Waals surface area contributed by atoms with Gasteiger partial charge in [0.1, 0.15) is 17.3 Å². The number of aromatic nitrogens is 1. The number of nitrogens with one attached hydrogen (secondary N) is 1. The van der Waals surface area contributed by atoms with Crippen LogP contribution in [-0.4, -0.2) is 15.9 Å². The van der Waals surface area contributed by atoms with Crippen LogP contribution in [0.2, 0.25) is 0 Å². The van der Waals surface area contributed by atoms with E-state index in [9.17, 15) is 14.3 Å². The molecule has 4 rings (SSSR count). The zero-order chi connectivity index (χ0) is 19.5. The summed E-state index contributed by atoms with van der Waals surface area (Å²) in [7, 11) is 0. The van der Waals surface area contributed by atoms with Crippen LogP contribution in [-0.2, 0) is 4.79 Å². The molecule has 4 nitrogen and oxygen atoms in total. The molecule has 1 aromatic heterocycles. The Balaban J connectivity index is 1.61. The third-order valence-electron chi connectivity index (χ3n) is 5.18. The number of aromatic hydroxyl groups is 1. The van der Waals surface area contributed by atoms with E-state index < -0.39 is 0 Å². The van der Waals surface area contributed by atoms with E-state index in [0.29, 0.717) is 6.42 Å². The number of hydrogen-bond acceptors (Lipinski definition) is 5. The van der Waals surface area contributed by atoms with E-state index in [0.717, 1.165) is 41.2 Å². The van der Waals surface area contributed by atoms with E-state index in [1.165, 1.54) is 23.5 Å².